The molecule has 0 bridgehead atoms. The Morgan fingerprint density at radius 2 is 1.81 bits per heavy atom. The Bertz CT molecular complexity index is 615. The van der Waals surface area contributed by atoms with Gasteiger partial charge >= 0.3 is 0 Å². The maximum absolute atomic E-state index is 12.4. The highest BCUT2D eigenvalue weighted by Gasteiger charge is 2.22. The van der Waals surface area contributed by atoms with Crippen molar-refractivity contribution in [3.8, 4) is 0 Å². The summed E-state index contributed by atoms with van der Waals surface area (Å²) in [5, 5.41) is 6.84. The SMILES string of the molecule is Cc1ccc(C(C)N(C)C(=O)c2n[nH]c(C(C)C)n2)cc1. The molecule has 0 saturated heterocycles. The van der Waals surface area contributed by atoms with Crippen LogP contribution in [0.3, 0.4) is 0 Å². The molecule has 1 N–H and O–H groups in total. The van der Waals surface area contributed by atoms with E-state index in [-0.39, 0.29) is 23.7 Å². The van der Waals surface area contributed by atoms with E-state index in [1.165, 1.54) is 5.56 Å². The number of hydrogen-bond acceptors (Lipinski definition) is 3. The second-order valence-electron chi connectivity index (χ2n) is 5.70. The van der Waals surface area contributed by atoms with Crippen molar-refractivity contribution >= 4 is 5.91 Å². The van der Waals surface area contributed by atoms with E-state index < -0.39 is 0 Å². The van der Waals surface area contributed by atoms with E-state index in [0.717, 1.165) is 11.4 Å². The normalized spacial score (nSPS) is 12.5. The number of aromatic nitrogens is 3. The maximum Gasteiger partial charge on any atom is 0.293 e. The Balaban J connectivity index is 2.15. The van der Waals surface area contributed by atoms with Crippen molar-refractivity contribution in [3.63, 3.8) is 0 Å². The first kappa shape index (κ1) is 15.2. The van der Waals surface area contributed by atoms with E-state index in [4.69, 9.17) is 0 Å². The molecule has 0 fully saturated rings. The highest BCUT2D eigenvalue weighted by atomic mass is 16.2. The zero-order valence-corrected chi connectivity index (χ0v) is 13.2. The first-order chi connectivity index (χ1) is 9.90. The van der Waals surface area contributed by atoms with Gasteiger partial charge in [0.05, 0.1) is 6.04 Å². The standard InChI is InChI=1S/C16H22N4O/c1-10(2)14-17-15(19-18-14)16(21)20(5)12(4)13-8-6-11(3)7-9-13/h6-10,12H,1-5H3,(H,17,18,19). The fourth-order valence-electron chi connectivity index (χ4n) is 2.03. The maximum atomic E-state index is 12.4. The van der Waals surface area contributed by atoms with Gasteiger partial charge < -0.3 is 4.90 Å². The number of nitrogens with zero attached hydrogens (tertiary/aromatic N) is 3. The van der Waals surface area contributed by atoms with Crippen LogP contribution in [0, 0.1) is 6.92 Å². The molecular formula is C16H22N4O. The summed E-state index contributed by atoms with van der Waals surface area (Å²) in [6.45, 7) is 8.06. The minimum atomic E-state index is -0.175. The van der Waals surface area contributed by atoms with Crippen LogP contribution in [0.1, 0.15) is 60.3 Å². The number of rotatable bonds is 4. The molecule has 0 radical (unpaired) electrons. The van der Waals surface area contributed by atoms with Crippen LogP contribution in [0.4, 0.5) is 0 Å². The van der Waals surface area contributed by atoms with Crippen molar-refractivity contribution in [2.75, 3.05) is 7.05 Å². The monoisotopic (exact) mass is 286 g/mol. The predicted octanol–water partition coefficient (Wildman–Crippen LogP) is 3.07. The van der Waals surface area contributed by atoms with Crippen molar-refractivity contribution in [1.82, 2.24) is 20.1 Å². The first-order valence-corrected chi connectivity index (χ1v) is 7.16. The average molecular weight is 286 g/mol. The predicted molar refractivity (Wildman–Crippen MR) is 82.2 cm³/mol. The number of H-pyrrole nitrogens is 1. The van der Waals surface area contributed by atoms with Crippen LogP contribution in [0.2, 0.25) is 0 Å². The molecule has 2 rings (SSSR count). The quantitative estimate of drug-likeness (QED) is 0.939. The smallest absolute Gasteiger partial charge is 0.293 e. The van der Waals surface area contributed by atoms with Crippen LogP contribution >= 0.6 is 0 Å². The molecular weight excluding hydrogens is 264 g/mol. The summed E-state index contributed by atoms with van der Waals surface area (Å²) < 4.78 is 0. The molecule has 1 amide bonds. The van der Waals surface area contributed by atoms with E-state index in [0.29, 0.717) is 0 Å². The van der Waals surface area contributed by atoms with Gasteiger partial charge in [0.1, 0.15) is 5.82 Å². The van der Waals surface area contributed by atoms with Gasteiger partial charge in [-0.2, -0.15) is 0 Å². The Labute approximate surface area is 125 Å². The largest absolute Gasteiger partial charge is 0.332 e. The number of amides is 1. The molecule has 2 aromatic rings. The minimum absolute atomic E-state index is 0.0286. The van der Waals surface area contributed by atoms with Gasteiger partial charge in [0.2, 0.25) is 5.82 Å². The Morgan fingerprint density at radius 3 is 2.33 bits per heavy atom. The van der Waals surface area contributed by atoms with Gasteiger partial charge in [-0.1, -0.05) is 43.7 Å². The van der Waals surface area contributed by atoms with E-state index in [9.17, 15) is 4.79 Å². The van der Waals surface area contributed by atoms with Crippen molar-refractivity contribution in [3.05, 3.63) is 47.0 Å². The van der Waals surface area contributed by atoms with Crippen molar-refractivity contribution in [2.24, 2.45) is 0 Å². The van der Waals surface area contributed by atoms with Crippen LogP contribution in [0.15, 0.2) is 24.3 Å². The van der Waals surface area contributed by atoms with E-state index in [2.05, 4.69) is 15.2 Å². The number of nitrogens with one attached hydrogen (secondary N) is 1. The average Bonchev–Trinajstić information content (AvgIpc) is 2.96. The molecule has 0 spiro atoms. The molecule has 0 aliphatic rings. The van der Waals surface area contributed by atoms with Gasteiger partial charge in [-0.05, 0) is 19.4 Å². The molecule has 112 valence electrons. The summed E-state index contributed by atoms with van der Waals surface area (Å²) in [7, 11) is 1.78. The lowest BCUT2D eigenvalue weighted by atomic mass is 10.1. The van der Waals surface area contributed by atoms with Gasteiger partial charge in [-0.15, -0.1) is 5.10 Å². The number of hydrogen-bond donors (Lipinski definition) is 1. The fraction of sp³-hybridized carbons (Fsp3) is 0.438. The second-order valence-corrected chi connectivity index (χ2v) is 5.70. The summed E-state index contributed by atoms with van der Waals surface area (Å²) in [5.74, 6) is 1.00. The third-order valence-electron chi connectivity index (χ3n) is 3.70. The van der Waals surface area contributed by atoms with Crippen molar-refractivity contribution < 1.29 is 4.79 Å². The van der Waals surface area contributed by atoms with Gasteiger partial charge in [0, 0.05) is 13.0 Å². The molecule has 1 atom stereocenters. The lowest BCUT2D eigenvalue weighted by Gasteiger charge is -2.24. The molecule has 1 aromatic heterocycles. The van der Waals surface area contributed by atoms with Crippen molar-refractivity contribution in [2.45, 2.75) is 39.7 Å². The van der Waals surface area contributed by atoms with Crippen LogP contribution < -0.4 is 0 Å². The van der Waals surface area contributed by atoms with Gasteiger partial charge in [0.25, 0.3) is 5.91 Å². The zero-order valence-electron chi connectivity index (χ0n) is 13.2. The summed E-state index contributed by atoms with van der Waals surface area (Å²) >= 11 is 0. The van der Waals surface area contributed by atoms with E-state index in [1.807, 2.05) is 52.0 Å². The first-order valence-electron chi connectivity index (χ1n) is 7.16. The van der Waals surface area contributed by atoms with Crippen LogP contribution in [-0.2, 0) is 0 Å². The summed E-state index contributed by atoms with van der Waals surface area (Å²) in [6, 6.07) is 8.16. The van der Waals surface area contributed by atoms with Crippen LogP contribution in [-0.4, -0.2) is 33.0 Å². The van der Waals surface area contributed by atoms with Gasteiger partial charge in [0.15, 0.2) is 0 Å². The molecule has 1 aromatic carbocycles. The highest BCUT2D eigenvalue weighted by molar-refractivity contribution is 5.90. The molecule has 0 saturated carbocycles. The number of aryl methyl sites for hydroxylation is 1. The van der Waals surface area contributed by atoms with E-state index in [1.54, 1.807) is 11.9 Å². The third kappa shape index (κ3) is 3.29. The van der Waals surface area contributed by atoms with E-state index >= 15 is 0 Å². The van der Waals surface area contributed by atoms with Crippen LogP contribution in [0.25, 0.3) is 0 Å². The third-order valence-corrected chi connectivity index (χ3v) is 3.70. The highest BCUT2D eigenvalue weighted by Crippen LogP contribution is 2.20. The second kappa shape index (κ2) is 6.08. The van der Waals surface area contributed by atoms with Crippen LogP contribution in [0.5, 0.6) is 0 Å². The lowest BCUT2D eigenvalue weighted by Crippen LogP contribution is -2.30. The number of benzene rings is 1. The number of carbonyl (C=O) groups is 1. The molecule has 0 aliphatic heterocycles. The molecule has 5 nitrogen and oxygen atoms in total. The molecule has 5 heteroatoms. The van der Waals surface area contributed by atoms with Gasteiger partial charge in [-0.3, -0.25) is 9.89 Å². The molecule has 21 heavy (non-hydrogen) atoms. The lowest BCUT2D eigenvalue weighted by molar-refractivity contribution is 0.0730. The topological polar surface area (TPSA) is 61.9 Å². The number of aromatic amines is 1. The Hall–Kier alpha value is -2.17. The van der Waals surface area contributed by atoms with Gasteiger partial charge in [-0.25, -0.2) is 4.98 Å². The molecule has 0 aliphatic carbocycles. The minimum Gasteiger partial charge on any atom is -0.332 e. The molecule has 1 unspecified atom stereocenters. The fourth-order valence-corrected chi connectivity index (χ4v) is 2.03. The summed E-state index contributed by atoms with van der Waals surface area (Å²) in [6.07, 6.45) is 0. The zero-order chi connectivity index (χ0) is 15.6. The Morgan fingerprint density at radius 1 is 1.19 bits per heavy atom. The van der Waals surface area contributed by atoms with Crippen molar-refractivity contribution in [1.29, 1.82) is 0 Å². The summed E-state index contributed by atoms with van der Waals surface area (Å²) in [4.78, 5) is 18.4. The Kier molecular flexibility index (Phi) is 4.40. The summed E-state index contributed by atoms with van der Waals surface area (Å²) in [5.41, 5.74) is 2.30. The molecule has 1 heterocycles. The number of carbonyl (C=O) groups excluding carboxylic acids is 1.